The van der Waals surface area contributed by atoms with Crippen molar-refractivity contribution in [3.8, 4) is 45.5 Å². The molecule has 0 N–H and O–H groups in total. The number of imidazole rings is 2. The van der Waals surface area contributed by atoms with E-state index < -0.39 is 0 Å². The molecule has 2 heterocycles. The second-order valence-electron chi connectivity index (χ2n) is 22.8. The Hall–Kier alpha value is -5.30. The first-order chi connectivity index (χ1) is 34.2. The fourth-order valence-corrected chi connectivity index (χ4v) is 10.6. The summed E-state index contributed by atoms with van der Waals surface area (Å²) in [4.78, 5) is 0. The molecule has 4 nitrogen and oxygen atoms in total. The maximum absolute atomic E-state index is 2.45. The predicted molar refractivity (Wildman–Crippen MR) is 308 cm³/mol. The smallest absolute Gasteiger partial charge is 0.299 e. The predicted octanol–water partition coefficient (Wildman–Crippen LogP) is 12.5. The summed E-state index contributed by atoms with van der Waals surface area (Å²) in [5.74, 6) is 5.82. The Bertz CT molecular complexity index is 2630. The maximum atomic E-state index is 2.45. The lowest BCUT2D eigenvalue weighted by molar-refractivity contribution is -0.584. The molecule has 0 radical (unpaired) electrons. The summed E-state index contributed by atoms with van der Waals surface area (Å²) in [5.41, 5.74) is 21.4. The van der Waals surface area contributed by atoms with Gasteiger partial charge in [-0.15, -0.1) is 0 Å². The van der Waals surface area contributed by atoms with Crippen LogP contribution in [0, 0.1) is 13.8 Å². The van der Waals surface area contributed by atoms with E-state index in [0.29, 0.717) is 47.3 Å². The molecule has 0 amide bonds. The molecule has 0 bridgehead atoms. The Morgan fingerprint density at radius 1 is 0.297 bits per heavy atom. The molecule has 0 unspecified atom stereocenters. The van der Waals surface area contributed by atoms with Crippen LogP contribution in [-0.2, 0) is 0 Å². The van der Waals surface area contributed by atoms with E-state index in [1.54, 1.807) is 0 Å². The molecule has 2 aromatic heterocycles. The molecule has 8 rings (SSSR count). The van der Waals surface area contributed by atoms with Gasteiger partial charge >= 0.3 is 0 Å². The van der Waals surface area contributed by atoms with E-state index >= 15 is 0 Å². The molecule has 0 atom stereocenters. The molecule has 0 spiro atoms. The number of hydrogen-bond acceptors (Lipinski definition) is 0. The molecule has 0 saturated heterocycles. The van der Waals surface area contributed by atoms with Crippen LogP contribution in [-0.4, -0.2) is 9.13 Å². The third kappa shape index (κ3) is 12.3. The van der Waals surface area contributed by atoms with Crippen LogP contribution in [0.2, 0.25) is 0 Å². The zero-order valence-corrected chi connectivity index (χ0v) is 51.2. The number of rotatable bonds is 14. The van der Waals surface area contributed by atoms with Crippen LogP contribution in [0.1, 0.15) is 214 Å². The van der Waals surface area contributed by atoms with Crippen LogP contribution in [0.25, 0.3) is 45.5 Å². The van der Waals surface area contributed by atoms with Gasteiger partial charge in [0.25, 0.3) is 11.6 Å². The Kier molecular flexibility index (Phi) is 20.5. The summed E-state index contributed by atoms with van der Waals surface area (Å²) in [6.45, 7) is 41.2. The highest BCUT2D eigenvalue weighted by Gasteiger charge is 2.33. The monoisotopic (exact) mass is 1120 g/mol. The molecule has 0 fully saturated rings. The lowest BCUT2D eigenvalue weighted by Crippen LogP contribution is -3.00. The highest BCUT2D eigenvalue weighted by atomic mass is 79.9. The van der Waals surface area contributed by atoms with Crippen molar-refractivity contribution in [2.24, 2.45) is 0 Å². The Labute approximate surface area is 468 Å². The van der Waals surface area contributed by atoms with Gasteiger partial charge in [0.05, 0.1) is 11.1 Å². The lowest BCUT2D eigenvalue weighted by Gasteiger charge is -2.20. The van der Waals surface area contributed by atoms with Crippen molar-refractivity contribution >= 4 is 0 Å². The number of para-hydroxylation sites is 4. The van der Waals surface area contributed by atoms with E-state index in [0.717, 1.165) is 0 Å². The first kappa shape index (κ1) is 59.6. The molecule has 0 aliphatic heterocycles. The molecule has 8 aromatic rings. The van der Waals surface area contributed by atoms with Gasteiger partial charge in [0.2, 0.25) is 0 Å². The number of aryl methyl sites for hydroxylation is 2. The topological polar surface area (TPSA) is 17.6 Å². The Morgan fingerprint density at radius 2 is 0.514 bits per heavy atom. The summed E-state index contributed by atoms with van der Waals surface area (Å²) < 4.78 is 9.82. The summed E-state index contributed by atoms with van der Waals surface area (Å²) >= 11 is 0. The van der Waals surface area contributed by atoms with Crippen molar-refractivity contribution in [1.29, 1.82) is 0 Å². The summed E-state index contributed by atoms with van der Waals surface area (Å²) in [6.07, 6.45) is 9.12. The zero-order chi connectivity index (χ0) is 52.3. The van der Waals surface area contributed by atoms with Crippen molar-refractivity contribution in [3.05, 3.63) is 202 Å². The standard InChI is InChI=1S/2C34H43N2.2BrH/c2*1-22(2)28-12-10-13-29(23(3)4)32(28)35-20-21-36(34(35)27-18-16-26(9)17-19-27)33-30(24(5)6)14-11-15-31(33)25(7)8;;/h2*10-25H,1-9H3;2*1H/q2*+1;;/p-2. The van der Waals surface area contributed by atoms with Crippen LogP contribution in [0.15, 0.2) is 146 Å². The van der Waals surface area contributed by atoms with Gasteiger partial charge in [0.15, 0.2) is 0 Å². The van der Waals surface area contributed by atoms with E-state index in [1.165, 1.54) is 101 Å². The maximum Gasteiger partial charge on any atom is 0.299 e. The number of nitrogens with zero attached hydrogens (tertiary/aromatic N) is 4. The normalized spacial score (nSPS) is 11.6. The number of benzene rings is 6. The van der Waals surface area contributed by atoms with Gasteiger partial charge in [-0.05, 0) is 85.5 Å². The molecule has 6 heteroatoms. The second-order valence-corrected chi connectivity index (χ2v) is 22.8. The third-order valence-electron chi connectivity index (χ3n) is 14.6. The highest BCUT2D eigenvalue weighted by Crippen LogP contribution is 2.38. The van der Waals surface area contributed by atoms with Crippen LogP contribution in [0.4, 0.5) is 0 Å². The molecule has 392 valence electrons. The first-order valence-corrected chi connectivity index (χ1v) is 27.2. The average Bonchev–Trinajstić information content (AvgIpc) is 3.99. The number of aromatic nitrogens is 4. The number of halogens is 2. The van der Waals surface area contributed by atoms with Gasteiger partial charge in [0.1, 0.15) is 47.5 Å². The largest absolute Gasteiger partial charge is 1.00 e. The molecule has 6 aromatic carbocycles. The summed E-state index contributed by atoms with van der Waals surface area (Å²) in [6, 6.07) is 45.3. The minimum Gasteiger partial charge on any atom is -1.00 e. The fraction of sp³-hybridized carbons (Fsp3) is 0.382. The summed E-state index contributed by atoms with van der Waals surface area (Å²) in [7, 11) is 0. The van der Waals surface area contributed by atoms with E-state index in [9.17, 15) is 0 Å². The molecule has 0 saturated carbocycles. The molecule has 0 aliphatic rings. The third-order valence-corrected chi connectivity index (χ3v) is 14.6. The summed E-state index contributed by atoms with van der Waals surface area (Å²) in [5, 5.41) is 0. The van der Waals surface area contributed by atoms with Crippen LogP contribution in [0.5, 0.6) is 0 Å². The van der Waals surface area contributed by atoms with Crippen molar-refractivity contribution in [3.63, 3.8) is 0 Å². The lowest BCUT2D eigenvalue weighted by atomic mass is 9.92. The van der Waals surface area contributed by atoms with E-state index in [1.807, 2.05) is 0 Å². The van der Waals surface area contributed by atoms with Crippen LogP contribution >= 0.6 is 0 Å². The van der Waals surface area contributed by atoms with Gasteiger partial charge in [-0.25, -0.2) is 0 Å². The van der Waals surface area contributed by atoms with Crippen molar-refractivity contribution in [2.45, 2.75) is 172 Å². The van der Waals surface area contributed by atoms with Crippen LogP contribution < -0.4 is 43.1 Å². The van der Waals surface area contributed by atoms with Gasteiger partial charge in [-0.1, -0.05) is 219 Å². The van der Waals surface area contributed by atoms with Crippen LogP contribution in [0.3, 0.4) is 0 Å². The van der Waals surface area contributed by atoms with E-state index in [2.05, 4.69) is 289 Å². The highest BCUT2D eigenvalue weighted by molar-refractivity contribution is 5.64. The fourth-order valence-electron chi connectivity index (χ4n) is 10.6. The second kappa shape index (κ2) is 25.5. The molecular formula is C68H86Br2N4. The van der Waals surface area contributed by atoms with Gasteiger partial charge in [-0.3, -0.25) is 0 Å². The molecule has 0 aliphatic carbocycles. The minimum atomic E-state index is 0. The Balaban J connectivity index is 0.000000267. The van der Waals surface area contributed by atoms with Crippen molar-refractivity contribution in [2.75, 3.05) is 0 Å². The minimum absolute atomic E-state index is 0. The number of hydrogen-bond donors (Lipinski definition) is 0. The SMILES string of the molecule is Cc1ccc(-c2n(-c3c(C(C)C)cccc3C(C)C)cc[n+]2-c2c(C(C)C)cccc2C(C)C)cc1.Cc1ccc(-c2n(-c3c(C(C)C)cccc3C(C)C)cc[n+]2-c2c(C(C)C)cccc2C(C)C)cc1.[Br-].[Br-]. The van der Waals surface area contributed by atoms with Gasteiger partial charge < -0.3 is 34.0 Å². The average molecular weight is 1120 g/mol. The Morgan fingerprint density at radius 3 is 0.730 bits per heavy atom. The van der Waals surface area contributed by atoms with E-state index in [-0.39, 0.29) is 34.0 Å². The van der Waals surface area contributed by atoms with Gasteiger partial charge in [0, 0.05) is 44.5 Å². The van der Waals surface area contributed by atoms with E-state index in [4.69, 9.17) is 0 Å². The van der Waals surface area contributed by atoms with Gasteiger partial charge in [-0.2, -0.15) is 18.3 Å². The van der Waals surface area contributed by atoms with Crippen molar-refractivity contribution < 1.29 is 43.1 Å². The molecule has 74 heavy (non-hydrogen) atoms. The van der Waals surface area contributed by atoms with Crippen molar-refractivity contribution in [1.82, 2.24) is 9.13 Å². The first-order valence-electron chi connectivity index (χ1n) is 27.2. The quantitative estimate of drug-likeness (QED) is 0.0966. The zero-order valence-electron chi connectivity index (χ0n) is 48.0. The molecular weight excluding hydrogens is 1030 g/mol.